The zero-order chi connectivity index (χ0) is 17.6. The summed E-state index contributed by atoms with van der Waals surface area (Å²) in [6.45, 7) is 11.6. The molecule has 0 atom stereocenters. The predicted octanol–water partition coefficient (Wildman–Crippen LogP) is 3.07. The van der Waals surface area contributed by atoms with E-state index in [0.29, 0.717) is 33.2 Å². The van der Waals surface area contributed by atoms with Gasteiger partial charge in [0.25, 0.3) is 0 Å². The number of halogens is 1. The van der Waals surface area contributed by atoms with Gasteiger partial charge >= 0.3 is 5.63 Å². The second-order valence-corrected chi connectivity index (χ2v) is 4.91. The van der Waals surface area contributed by atoms with Gasteiger partial charge in [0.2, 0.25) is 0 Å². The summed E-state index contributed by atoms with van der Waals surface area (Å²) >= 11 is 3.39. The highest BCUT2D eigenvalue weighted by Crippen LogP contribution is 2.32. The Hall–Kier alpha value is -2.01. The highest BCUT2D eigenvalue weighted by Gasteiger charge is 2.17. The third-order valence-electron chi connectivity index (χ3n) is 3.23. The lowest BCUT2D eigenvalue weighted by Gasteiger charge is -2.12. The van der Waals surface area contributed by atoms with Gasteiger partial charge in [0.05, 0.1) is 19.8 Å². The SMILES string of the molecule is C=c1oc(=O)c(-c2ccc(OC)cc2OC)c(CBr)c1=C.CC. The van der Waals surface area contributed by atoms with Crippen LogP contribution in [0.4, 0.5) is 0 Å². The molecule has 0 aliphatic carbocycles. The van der Waals surface area contributed by atoms with Crippen LogP contribution in [0.3, 0.4) is 0 Å². The van der Waals surface area contributed by atoms with E-state index in [9.17, 15) is 4.79 Å². The Bertz CT molecular complexity index is 824. The Labute approximate surface area is 144 Å². The molecule has 0 spiro atoms. The average Bonchev–Trinajstić information content (AvgIpc) is 2.59. The van der Waals surface area contributed by atoms with Crippen LogP contribution in [-0.4, -0.2) is 14.2 Å². The fraction of sp³-hybridized carbons (Fsp3) is 0.278. The molecule has 124 valence electrons. The van der Waals surface area contributed by atoms with E-state index in [1.807, 2.05) is 13.8 Å². The zero-order valence-electron chi connectivity index (χ0n) is 13.9. The molecule has 1 aromatic heterocycles. The lowest BCUT2D eigenvalue weighted by Crippen LogP contribution is -2.32. The number of benzene rings is 1. The van der Waals surface area contributed by atoms with Gasteiger partial charge < -0.3 is 13.9 Å². The minimum absolute atomic E-state index is 0.269. The minimum atomic E-state index is -0.467. The quantitative estimate of drug-likeness (QED) is 0.764. The Morgan fingerprint density at radius 2 is 1.83 bits per heavy atom. The fourth-order valence-electron chi connectivity index (χ4n) is 2.09. The number of hydrogen-bond acceptors (Lipinski definition) is 4. The Morgan fingerprint density at radius 1 is 1.17 bits per heavy atom. The summed E-state index contributed by atoms with van der Waals surface area (Å²) in [5.74, 6) is 1.17. The number of rotatable bonds is 4. The molecule has 0 saturated heterocycles. The summed E-state index contributed by atoms with van der Waals surface area (Å²) < 4.78 is 15.7. The molecule has 1 heterocycles. The van der Waals surface area contributed by atoms with E-state index in [-0.39, 0.29) is 5.42 Å². The van der Waals surface area contributed by atoms with E-state index in [4.69, 9.17) is 13.9 Å². The van der Waals surface area contributed by atoms with E-state index in [1.165, 1.54) is 7.11 Å². The second kappa shape index (κ2) is 8.58. The lowest BCUT2D eigenvalue weighted by molar-refractivity contribution is 0.395. The van der Waals surface area contributed by atoms with Gasteiger partial charge in [0.15, 0.2) is 0 Å². The van der Waals surface area contributed by atoms with Gasteiger partial charge in [-0.05, 0) is 17.7 Å². The molecule has 0 N–H and O–H groups in total. The molecule has 0 radical (unpaired) electrons. The topological polar surface area (TPSA) is 48.7 Å². The van der Waals surface area contributed by atoms with Gasteiger partial charge in [0.1, 0.15) is 16.9 Å². The molecule has 0 bridgehead atoms. The molecule has 4 nitrogen and oxygen atoms in total. The largest absolute Gasteiger partial charge is 0.497 e. The molecule has 2 rings (SSSR count). The molecule has 23 heavy (non-hydrogen) atoms. The number of alkyl halides is 1. The molecule has 5 heteroatoms. The summed E-state index contributed by atoms with van der Waals surface area (Å²) in [7, 11) is 3.10. The molecule has 0 aliphatic heterocycles. The molecule has 2 aromatic rings. The number of methoxy groups -OCH3 is 2. The van der Waals surface area contributed by atoms with Crippen LogP contribution in [0.2, 0.25) is 0 Å². The highest BCUT2D eigenvalue weighted by atomic mass is 79.9. The van der Waals surface area contributed by atoms with Crippen molar-refractivity contribution in [3.8, 4) is 22.6 Å². The van der Waals surface area contributed by atoms with Gasteiger partial charge in [-0.3, -0.25) is 0 Å². The van der Waals surface area contributed by atoms with Crippen molar-refractivity contribution in [2.75, 3.05) is 14.2 Å². The average molecular weight is 381 g/mol. The highest BCUT2D eigenvalue weighted by molar-refractivity contribution is 9.08. The first-order valence-corrected chi connectivity index (χ1v) is 8.27. The van der Waals surface area contributed by atoms with Crippen molar-refractivity contribution in [2.45, 2.75) is 19.2 Å². The van der Waals surface area contributed by atoms with E-state index in [1.54, 1.807) is 25.3 Å². The molecular formula is C18H21BrO4. The van der Waals surface area contributed by atoms with Crippen LogP contribution in [0.5, 0.6) is 11.5 Å². The molecule has 0 saturated carbocycles. The zero-order valence-corrected chi connectivity index (χ0v) is 15.5. The molecule has 0 unspecified atom stereocenters. The van der Waals surface area contributed by atoms with Crippen molar-refractivity contribution >= 4 is 29.1 Å². The summed E-state index contributed by atoms with van der Waals surface area (Å²) in [5, 5.41) is 1.06. The summed E-state index contributed by atoms with van der Waals surface area (Å²) in [6.07, 6.45) is 0. The van der Waals surface area contributed by atoms with Gasteiger partial charge in [-0.15, -0.1) is 0 Å². The fourth-order valence-corrected chi connectivity index (χ4v) is 2.71. The van der Waals surface area contributed by atoms with Gasteiger partial charge in [-0.25, -0.2) is 4.79 Å². The number of ether oxygens (including phenoxy) is 2. The van der Waals surface area contributed by atoms with Crippen molar-refractivity contribution in [1.29, 1.82) is 0 Å². The van der Waals surface area contributed by atoms with Gasteiger partial charge in [-0.2, -0.15) is 0 Å². The Morgan fingerprint density at radius 3 is 2.35 bits per heavy atom. The number of hydrogen-bond donors (Lipinski definition) is 0. The van der Waals surface area contributed by atoms with Gasteiger partial charge in [0, 0.05) is 22.2 Å². The smallest absolute Gasteiger partial charge is 0.344 e. The molecule has 1 aromatic carbocycles. The molecule has 0 fully saturated rings. The van der Waals surface area contributed by atoms with Crippen LogP contribution in [0.15, 0.2) is 27.4 Å². The first kappa shape index (κ1) is 19.0. The molecule has 0 aliphatic rings. The maximum absolute atomic E-state index is 12.3. The van der Waals surface area contributed by atoms with Crippen LogP contribution in [-0.2, 0) is 5.33 Å². The second-order valence-electron chi connectivity index (χ2n) is 4.34. The Balaban J connectivity index is 0.00000127. The Kier molecular flexibility index (Phi) is 7.10. The third kappa shape index (κ3) is 3.85. The van der Waals surface area contributed by atoms with Gasteiger partial charge in [-0.1, -0.05) is 42.9 Å². The van der Waals surface area contributed by atoms with E-state index in [0.717, 1.165) is 5.56 Å². The maximum atomic E-state index is 12.3. The van der Waals surface area contributed by atoms with Crippen molar-refractivity contribution in [2.24, 2.45) is 0 Å². The van der Waals surface area contributed by atoms with Crippen molar-refractivity contribution in [3.63, 3.8) is 0 Å². The van der Waals surface area contributed by atoms with E-state index in [2.05, 4.69) is 29.1 Å². The van der Waals surface area contributed by atoms with Crippen molar-refractivity contribution in [1.82, 2.24) is 0 Å². The normalized spacial score (nSPS) is 9.78. The van der Waals surface area contributed by atoms with Crippen LogP contribution in [0.1, 0.15) is 19.4 Å². The van der Waals surface area contributed by atoms with Crippen molar-refractivity contribution < 1.29 is 13.9 Å². The predicted molar refractivity (Wildman–Crippen MR) is 97.8 cm³/mol. The van der Waals surface area contributed by atoms with Crippen LogP contribution in [0.25, 0.3) is 24.3 Å². The first-order valence-electron chi connectivity index (χ1n) is 7.15. The van der Waals surface area contributed by atoms with E-state index >= 15 is 0 Å². The lowest BCUT2D eigenvalue weighted by atomic mass is 10.0. The summed E-state index contributed by atoms with van der Waals surface area (Å²) in [4.78, 5) is 12.3. The minimum Gasteiger partial charge on any atom is -0.497 e. The molecular weight excluding hydrogens is 360 g/mol. The summed E-state index contributed by atoms with van der Waals surface area (Å²) in [6, 6.07) is 5.24. The summed E-state index contributed by atoms with van der Waals surface area (Å²) in [5.41, 5.74) is 1.59. The van der Waals surface area contributed by atoms with Crippen LogP contribution < -0.4 is 25.7 Å². The van der Waals surface area contributed by atoms with Crippen molar-refractivity contribution in [3.05, 3.63) is 44.8 Å². The van der Waals surface area contributed by atoms with Crippen LogP contribution in [0, 0.1) is 0 Å². The monoisotopic (exact) mass is 380 g/mol. The maximum Gasteiger partial charge on any atom is 0.344 e. The standard InChI is InChI=1S/C16H15BrO4.C2H6/c1-9-10(2)21-16(18)15(13(9)8-17)12-6-5-11(19-3)7-14(12)20-4;1-2/h5-7H,1-2,8H2,3-4H3;1-2H3. The van der Waals surface area contributed by atoms with E-state index < -0.39 is 5.63 Å². The van der Waals surface area contributed by atoms with Crippen LogP contribution >= 0.6 is 15.9 Å². The third-order valence-corrected chi connectivity index (χ3v) is 3.80. The first-order chi connectivity index (χ1) is 11.0. The molecule has 0 amide bonds.